The SMILES string of the molecule is O=C(Nc1cc(Br)cc2c1OCCNC2)C(F)(F)F. The van der Waals surface area contributed by atoms with E-state index in [9.17, 15) is 18.0 Å². The number of amides is 1. The van der Waals surface area contributed by atoms with E-state index in [1.165, 1.54) is 6.07 Å². The van der Waals surface area contributed by atoms with Gasteiger partial charge in [0.1, 0.15) is 12.4 Å². The first-order valence-corrected chi connectivity index (χ1v) is 6.21. The first-order chi connectivity index (χ1) is 8.88. The number of alkyl halides is 3. The quantitative estimate of drug-likeness (QED) is 0.826. The molecule has 2 rings (SSSR count). The summed E-state index contributed by atoms with van der Waals surface area (Å²) >= 11 is 3.19. The fourth-order valence-corrected chi connectivity index (χ4v) is 2.19. The summed E-state index contributed by atoms with van der Waals surface area (Å²) in [6.45, 7) is 1.37. The molecule has 1 aliphatic rings. The zero-order valence-corrected chi connectivity index (χ0v) is 11.2. The zero-order valence-electron chi connectivity index (χ0n) is 9.60. The molecule has 1 aliphatic heterocycles. The van der Waals surface area contributed by atoms with Crippen molar-refractivity contribution >= 4 is 27.5 Å². The lowest BCUT2D eigenvalue weighted by atomic mass is 10.1. The Hall–Kier alpha value is -1.28. The average molecular weight is 339 g/mol. The second-order valence-corrected chi connectivity index (χ2v) is 4.83. The predicted molar refractivity (Wildman–Crippen MR) is 66.0 cm³/mol. The van der Waals surface area contributed by atoms with E-state index < -0.39 is 12.1 Å². The Bertz CT molecular complexity index is 505. The maximum absolute atomic E-state index is 12.3. The number of halogens is 4. The second-order valence-electron chi connectivity index (χ2n) is 3.92. The van der Waals surface area contributed by atoms with Crippen LogP contribution in [-0.4, -0.2) is 25.2 Å². The predicted octanol–water partition coefficient (Wildman–Crippen LogP) is 2.43. The summed E-state index contributed by atoms with van der Waals surface area (Å²) in [6.07, 6.45) is -4.93. The molecule has 0 fully saturated rings. The van der Waals surface area contributed by atoms with Crippen LogP contribution >= 0.6 is 15.9 Å². The highest BCUT2D eigenvalue weighted by Crippen LogP contribution is 2.34. The highest BCUT2D eigenvalue weighted by atomic mass is 79.9. The van der Waals surface area contributed by atoms with Crippen molar-refractivity contribution in [2.45, 2.75) is 12.7 Å². The van der Waals surface area contributed by atoms with Gasteiger partial charge in [-0.15, -0.1) is 0 Å². The van der Waals surface area contributed by atoms with Crippen LogP contribution in [-0.2, 0) is 11.3 Å². The lowest BCUT2D eigenvalue weighted by molar-refractivity contribution is -0.167. The Balaban J connectivity index is 2.34. The van der Waals surface area contributed by atoms with Gasteiger partial charge in [-0.1, -0.05) is 15.9 Å². The van der Waals surface area contributed by atoms with Gasteiger partial charge in [-0.2, -0.15) is 13.2 Å². The topological polar surface area (TPSA) is 50.4 Å². The van der Waals surface area contributed by atoms with Gasteiger partial charge in [0.15, 0.2) is 0 Å². The van der Waals surface area contributed by atoms with Crippen LogP contribution in [0, 0.1) is 0 Å². The molecule has 1 aromatic carbocycles. The van der Waals surface area contributed by atoms with E-state index in [4.69, 9.17) is 4.74 Å². The lowest BCUT2D eigenvalue weighted by Gasteiger charge is -2.15. The molecule has 1 amide bonds. The molecule has 0 aromatic heterocycles. The van der Waals surface area contributed by atoms with Crippen molar-refractivity contribution < 1.29 is 22.7 Å². The summed E-state index contributed by atoms with van der Waals surface area (Å²) in [7, 11) is 0. The van der Waals surface area contributed by atoms with Gasteiger partial charge in [0, 0.05) is 23.1 Å². The van der Waals surface area contributed by atoms with E-state index in [2.05, 4.69) is 21.2 Å². The molecule has 0 spiro atoms. The van der Waals surface area contributed by atoms with E-state index in [1.807, 2.05) is 5.32 Å². The molecule has 0 atom stereocenters. The average Bonchev–Trinajstić information content (AvgIpc) is 2.52. The smallest absolute Gasteiger partial charge is 0.471 e. The summed E-state index contributed by atoms with van der Waals surface area (Å²) in [5.41, 5.74) is 0.694. The molecule has 8 heteroatoms. The van der Waals surface area contributed by atoms with E-state index in [-0.39, 0.29) is 11.4 Å². The van der Waals surface area contributed by atoms with Gasteiger partial charge in [0.2, 0.25) is 0 Å². The molecule has 0 unspecified atom stereocenters. The van der Waals surface area contributed by atoms with Gasteiger partial charge >= 0.3 is 12.1 Å². The third-order valence-corrected chi connectivity index (χ3v) is 2.93. The van der Waals surface area contributed by atoms with Crippen LogP contribution in [0.2, 0.25) is 0 Å². The standard InChI is InChI=1S/C11H10BrF3N2O2/c12-7-3-6-5-16-1-2-19-9(6)8(4-7)17-10(18)11(13,14)15/h3-4,16H,1-2,5H2,(H,17,18). The lowest BCUT2D eigenvalue weighted by Crippen LogP contribution is -2.30. The van der Waals surface area contributed by atoms with Gasteiger partial charge in [-0.3, -0.25) is 4.79 Å². The number of fused-ring (bicyclic) bond motifs is 1. The molecular weight excluding hydrogens is 329 g/mol. The largest absolute Gasteiger partial charge is 0.490 e. The zero-order chi connectivity index (χ0) is 14.0. The van der Waals surface area contributed by atoms with E-state index >= 15 is 0 Å². The number of anilines is 1. The van der Waals surface area contributed by atoms with Crippen LogP contribution in [0.3, 0.4) is 0 Å². The number of carbonyl (C=O) groups is 1. The Kier molecular flexibility index (Phi) is 4.00. The van der Waals surface area contributed by atoms with Gasteiger partial charge in [0.25, 0.3) is 0 Å². The van der Waals surface area contributed by atoms with Crippen molar-refractivity contribution in [1.82, 2.24) is 5.32 Å². The molecule has 19 heavy (non-hydrogen) atoms. The first-order valence-electron chi connectivity index (χ1n) is 5.42. The molecule has 4 nitrogen and oxygen atoms in total. The monoisotopic (exact) mass is 338 g/mol. The van der Waals surface area contributed by atoms with E-state index in [0.29, 0.717) is 29.7 Å². The number of hydrogen-bond donors (Lipinski definition) is 2. The van der Waals surface area contributed by atoms with Gasteiger partial charge in [-0.05, 0) is 12.1 Å². The maximum atomic E-state index is 12.3. The van der Waals surface area contributed by atoms with E-state index in [0.717, 1.165) is 0 Å². The minimum atomic E-state index is -4.93. The number of carbonyl (C=O) groups excluding carboxylic acids is 1. The molecule has 1 heterocycles. The Labute approximate surface area is 115 Å². The van der Waals surface area contributed by atoms with Crippen LogP contribution in [0.1, 0.15) is 5.56 Å². The molecule has 0 saturated carbocycles. The van der Waals surface area contributed by atoms with Crippen LogP contribution in [0.4, 0.5) is 18.9 Å². The summed E-state index contributed by atoms with van der Waals surface area (Å²) in [5.74, 6) is -1.75. The number of nitrogens with one attached hydrogen (secondary N) is 2. The molecular formula is C11H10BrF3N2O2. The Morgan fingerprint density at radius 1 is 1.42 bits per heavy atom. The second kappa shape index (κ2) is 5.38. The minimum absolute atomic E-state index is 0.00963. The first kappa shape index (κ1) is 14.1. The molecule has 104 valence electrons. The van der Waals surface area contributed by atoms with Crippen molar-refractivity contribution in [2.75, 3.05) is 18.5 Å². The van der Waals surface area contributed by atoms with Gasteiger partial charge in [0.05, 0.1) is 5.69 Å². The van der Waals surface area contributed by atoms with Crippen LogP contribution in [0.25, 0.3) is 0 Å². The Morgan fingerprint density at radius 2 is 2.16 bits per heavy atom. The van der Waals surface area contributed by atoms with Crippen LogP contribution < -0.4 is 15.4 Å². The minimum Gasteiger partial charge on any atom is -0.490 e. The summed E-state index contributed by atoms with van der Waals surface area (Å²) in [4.78, 5) is 11.0. The normalized spacial score (nSPS) is 15.2. The summed E-state index contributed by atoms with van der Waals surface area (Å²) in [5, 5.41) is 4.89. The van der Waals surface area contributed by atoms with Crippen molar-refractivity contribution in [3.05, 3.63) is 22.2 Å². The summed E-state index contributed by atoms with van der Waals surface area (Å²) in [6, 6.07) is 3.12. The molecule has 0 radical (unpaired) electrons. The van der Waals surface area contributed by atoms with Gasteiger partial charge in [-0.25, -0.2) is 0 Å². The maximum Gasteiger partial charge on any atom is 0.471 e. The molecule has 2 N–H and O–H groups in total. The third kappa shape index (κ3) is 3.38. The number of rotatable bonds is 1. The molecule has 0 bridgehead atoms. The molecule has 1 aromatic rings. The van der Waals surface area contributed by atoms with Crippen LogP contribution in [0.5, 0.6) is 5.75 Å². The fourth-order valence-electron chi connectivity index (χ4n) is 1.69. The number of ether oxygens (including phenoxy) is 1. The van der Waals surface area contributed by atoms with Crippen molar-refractivity contribution in [3.63, 3.8) is 0 Å². The third-order valence-electron chi connectivity index (χ3n) is 2.48. The molecule has 0 saturated heterocycles. The number of benzene rings is 1. The summed E-state index contributed by atoms with van der Waals surface area (Å²) < 4.78 is 42.8. The van der Waals surface area contributed by atoms with Crippen molar-refractivity contribution in [2.24, 2.45) is 0 Å². The fraction of sp³-hybridized carbons (Fsp3) is 0.364. The molecule has 0 aliphatic carbocycles. The van der Waals surface area contributed by atoms with Crippen molar-refractivity contribution in [1.29, 1.82) is 0 Å². The highest BCUT2D eigenvalue weighted by molar-refractivity contribution is 9.10. The van der Waals surface area contributed by atoms with E-state index in [1.54, 1.807) is 6.07 Å². The Morgan fingerprint density at radius 3 is 2.84 bits per heavy atom. The highest BCUT2D eigenvalue weighted by Gasteiger charge is 2.39. The van der Waals surface area contributed by atoms with Crippen LogP contribution in [0.15, 0.2) is 16.6 Å². The van der Waals surface area contributed by atoms with Gasteiger partial charge < -0.3 is 15.4 Å². The number of hydrogen-bond acceptors (Lipinski definition) is 3. The van der Waals surface area contributed by atoms with Crippen molar-refractivity contribution in [3.8, 4) is 5.75 Å².